The summed E-state index contributed by atoms with van der Waals surface area (Å²) in [4.78, 5) is 2.57. The molecule has 2 nitrogen and oxygen atoms in total. The summed E-state index contributed by atoms with van der Waals surface area (Å²) < 4.78 is 0. The van der Waals surface area contributed by atoms with E-state index in [1.54, 1.807) is 11.1 Å². The van der Waals surface area contributed by atoms with Crippen LogP contribution < -0.4 is 10.2 Å². The zero-order valence-corrected chi connectivity index (χ0v) is 12.4. The van der Waals surface area contributed by atoms with E-state index in [0.29, 0.717) is 6.04 Å². The maximum Gasteiger partial charge on any atom is 0.0667 e. The van der Waals surface area contributed by atoms with Crippen LogP contribution in [-0.4, -0.2) is 19.6 Å². The van der Waals surface area contributed by atoms with Gasteiger partial charge in [0, 0.05) is 25.3 Å². The minimum atomic E-state index is 0.444. The number of fused-ring (bicyclic) bond motifs is 1. The van der Waals surface area contributed by atoms with Gasteiger partial charge in [-0.25, -0.2) is 0 Å². The summed E-state index contributed by atoms with van der Waals surface area (Å²) >= 11 is 0. The predicted molar refractivity (Wildman–Crippen MR) is 87.9 cm³/mol. The Hall–Kier alpha value is -1.80. The molecule has 21 heavy (non-hydrogen) atoms. The van der Waals surface area contributed by atoms with Gasteiger partial charge in [-0.15, -0.1) is 0 Å². The van der Waals surface area contributed by atoms with Gasteiger partial charge in [0.05, 0.1) is 6.04 Å². The van der Waals surface area contributed by atoms with Gasteiger partial charge in [-0.1, -0.05) is 36.4 Å². The summed E-state index contributed by atoms with van der Waals surface area (Å²) in [5, 5.41) is 3.54. The number of hydrogen-bond donors (Lipinski definition) is 1. The number of rotatable bonds is 2. The lowest BCUT2D eigenvalue weighted by Gasteiger charge is -2.38. The average molecular weight is 278 g/mol. The van der Waals surface area contributed by atoms with E-state index in [1.165, 1.54) is 30.5 Å². The van der Waals surface area contributed by atoms with Crippen LogP contribution in [0.5, 0.6) is 0 Å². The van der Waals surface area contributed by atoms with Gasteiger partial charge in [0.2, 0.25) is 0 Å². The third kappa shape index (κ3) is 2.44. The highest BCUT2D eigenvalue weighted by Gasteiger charge is 2.24. The quantitative estimate of drug-likeness (QED) is 0.906. The van der Waals surface area contributed by atoms with Crippen molar-refractivity contribution in [2.45, 2.75) is 25.3 Å². The van der Waals surface area contributed by atoms with Gasteiger partial charge < -0.3 is 10.2 Å². The van der Waals surface area contributed by atoms with Crippen LogP contribution in [0.2, 0.25) is 0 Å². The number of nitrogens with one attached hydrogen (secondary N) is 1. The van der Waals surface area contributed by atoms with Crippen LogP contribution in [0.1, 0.15) is 29.2 Å². The summed E-state index contributed by atoms with van der Waals surface area (Å²) in [6, 6.07) is 18.4. The van der Waals surface area contributed by atoms with Crippen molar-refractivity contribution in [1.29, 1.82) is 0 Å². The molecule has 2 aromatic carbocycles. The van der Waals surface area contributed by atoms with E-state index in [4.69, 9.17) is 0 Å². The summed E-state index contributed by atoms with van der Waals surface area (Å²) in [5.74, 6) is 0. The molecule has 0 spiro atoms. The SMILES string of the molecule is c1ccc(C2CNCCN2c2ccc3c(c2)CCC3)cc1. The van der Waals surface area contributed by atoms with Crippen molar-refractivity contribution >= 4 is 5.69 Å². The normalized spacial score (nSPS) is 21.3. The first-order valence-electron chi connectivity index (χ1n) is 8.06. The fourth-order valence-corrected chi connectivity index (χ4v) is 3.72. The van der Waals surface area contributed by atoms with Crippen LogP contribution in [0, 0.1) is 0 Å². The van der Waals surface area contributed by atoms with Crippen molar-refractivity contribution in [3.63, 3.8) is 0 Å². The van der Waals surface area contributed by atoms with Crippen molar-refractivity contribution in [2.24, 2.45) is 0 Å². The lowest BCUT2D eigenvalue weighted by atomic mass is 10.0. The van der Waals surface area contributed by atoms with E-state index >= 15 is 0 Å². The third-order valence-corrected chi connectivity index (χ3v) is 4.84. The minimum absolute atomic E-state index is 0.444. The lowest BCUT2D eigenvalue weighted by molar-refractivity contribution is 0.490. The average Bonchev–Trinajstić information content (AvgIpc) is 3.03. The van der Waals surface area contributed by atoms with E-state index in [9.17, 15) is 0 Å². The maximum absolute atomic E-state index is 3.54. The highest BCUT2D eigenvalue weighted by atomic mass is 15.2. The van der Waals surface area contributed by atoms with Gasteiger partial charge in [-0.2, -0.15) is 0 Å². The topological polar surface area (TPSA) is 15.3 Å². The van der Waals surface area contributed by atoms with Gasteiger partial charge in [-0.05, 0) is 48.1 Å². The summed E-state index contributed by atoms with van der Waals surface area (Å²) in [6.45, 7) is 3.18. The number of nitrogens with zero attached hydrogens (tertiary/aromatic N) is 1. The van der Waals surface area contributed by atoms with E-state index in [1.807, 2.05) is 0 Å². The predicted octanol–water partition coefficient (Wildman–Crippen LogP) is 3.33. The molecule has 1 fully saturated rings. The van der Waals surface area contributed by atoms with Crippen molar-refractivity contribution < 1.29 is 0 Å². The van der Waals surface area contributed by atoms with Gasteiger partial charge in [0.25, 0.3) is 0 Å². The highest BCUT2D eigenvalue weighted by Crippen LogP contribution is 2.32. The molecule has 1 heterocycles. The second-order valence-corrected chi connectivity index (χ2v) is 6.13. The smallest absolute Gasteiger partial charge is 0.0667 e. The minimum Gasteiger partial charge on any atom is -0.362 e. The standard InChI is InChI=1S/C19H22N2/c1-2-5-16(6-3-1)19-14-20-11-12-21(19)18-10-9-15-7-4-8-17(15)13-18/h1-3,5-6,9-10,13,19-20H,4,7-8,11-12,14H2. The van der Waals surface area contributed by atoms with Crippen LogP contribution >= 0.6 is 0 Å². The molecule has 1 saturated heterocycles. The molecule has 1 atom stereocenters. The van der Waals surface area contributed by atoms with Gasteiger partial charge in [0.15, 0.2) is 0 Å². The first-order chi connectivity index (χ1) is 10.4. The Morgan fingerprint density at radius 1 is 0.952 bits per heavy atom. The Kier molecular flexibility index (Phi) is 3.40. The molecule has 1 N–H and O–H groups in total. The van der Waals surface area contributed by atoms with Crippen molar-refractivity contribution in [3.05, 3.63) is 65.2 Å². The Morgan fingerprint density at radius 2 is 1.81 bits per heavy atom. The number of benzene rings is 2. The molecular weight excluding hydrogens is 256 g/mol. The van der Waals surface area contributed by atoms with E-state index < -0.39 is 0 Å². The van der Waals surface area contributed by atoms with Crippen molar-refractivity contribution in [3.8, 4) is 0 Å². The van der Waals surface area contributed by atoms with Crippen LogP contribution in [0.15, 0.2) is 48.5 Å². The molecule has 0 radical (unpaired) electrons. The van der Waals surface area contributed by atoms with Crippen LogP contribution in [0.25, 0.3) is 0 Å². The van der Waals surface area contributed by atoms with Crippen LogP contribution in [0.4, 0.5) is 5.69 Å². The lowest BCUT2D eigenvalue weighted by Crippen LogP contribution is -2.46. The fourth-order valence-electron chi connectivity index (χ4n) is 3.72. The fraction of sp³-hybridized carbons (Fsp3) is 0.368. The van der Waals surface area contributed by atoms with Crippen LogP contribution in [-0.2, 0) is 12.8 Å². The molecule has 1 aliphatic carbocycles. The number of hydrogen-bond acceptors (Lipinski definition) is 2. The Bertz CT molecular complexity index is 621. The zero-order valence-electron chi connectivity index (χ0n) is 12.4. The molecule has 2 aromatic rings. The molecule has 2 aliphatic rings. The van der Waals surface area contributed by atoms with Gasteiger partial charge >= 0.3 is 0 Å². The molecule has 0 bridgehead atoms. The van der Waals surface area contributed by atoms with Gasteiger partial charge in [-0.3, -0.25) is 0 Å². The summed E-state index contributed by atoms with van der Waals surface area (Å²) in [6.07, 6.45) is 3.84. The zero-order chi connectivity index (χ0) is 14.1. The third-order valence-electron chi connectivity index (χ3n) is 4.84. The monoisotopic (exact) mass is 278 g/mol. The molecule has 108 valence electrons. The Balaban J connectivity index is 1.68. The van der Waals surface area contributed by atoms with Crippen molar-refractivity contribution in [2.75, 3.05) is 24.5 Å². The second kappa shape index (κ2) is 5.53. The molecule has 0 aromatic heterocycles. The van der Waals surface area contributed by atoms with E-state index in [0.717, 1.165) is 19.6 Å². The van der Waals surface area contributed by atoms with Gasteiger partial charge in [0.1, 0.15) is 0 Å². The molecular formula is C19H22N2. The Labute approximate surface area is 126 Å². The molecule has 2 heteroatoms. The number of aryl methyl sites for hydroxylation is 2. The molecule has 1 unspecified atom stereocenters. The molecule has 0 amide bonds. The van der Waals surface area contributed by atoms with E-state index in [-0.39, 0.29) is 0 Å². The molecule has 1 aliphatic heterocycles. The van der Waals surface area contributed by atoms with E-state index in [2.05, 4.69) is 58.7 Å². The first-order valence-corrected chi connectivity index (χ1v) is 8.06. The molecule has 4 rings (SSSR count). The summed E-state index contributed by atoms with van der Waals surface area (Å²) in [5.41, 5.74) is 5.93. The van der Waals surface area contributed by atoms with Crippen LogP contribution in [0.3, 0.4) is 0 Å². The molecule has 0 saturated carbocycles. The number of piperazine rings is 1. The second-order valence-electron chi connectivity index (χ2n) is 6.13. The maximum atomic E-state index is 3.54. The summed E-state index contributed by atoms with van der Waals surface area (Å²) in [7, 11) is 0. The Morgan fingerprint density at radius 3 is 2.71 bits per heavy atom. The van der Waals surface area contributed by atoms with Crippen molar-refractivity contribution in [1.82, 2.24) is 5.32 Å². The highest BCUT2D eigenvalue weighted by molar-refractivity contribution is 5.54. The largest absolute Gasteiger partial charge is 0.362 e. The first kappa shape index (κ1) is 12.9. The number of anilines is 1.